The number of nitrogens with one attached hydrogen (secondary N) is 1. The molecule has 3 N–H and O–H groups in total. The van der Waals surface area contributed by atoms with E-state index in [1.54, 1.807) is 38.1 Å². The maximum absolute atomic E-state index is 11.9. The summed E-state index contributed by atoms with van der Waals surface area (Å²) in [5.41, 5.74) is 1.73. The summed E-state index contributed by atoms with van der Waals surface area (Å²) in [6.07, 6.45) is 1.35. The molecule has 31 heavy (non-hydrogen) atoms. The Labute approximate surface area is 189 Å². The molecule has 0 saturated carbocycles. The number of rotatable bonds is 5. The number of aromatic nitrogens is 4. The molecular weight excluding hydrogens is 414 g/mol. The van der Waals surface area contributed by atoms with Crippen LogP contribution in [-0.4, -0.2) is 35.1 Å². The molecule has 0 bridgehead atoms. The molecule has 0 amide bonds. The molecule has 0 spiro atoms. The Balaban J connectivity index is 1.75. The molecule has 0 aliphatic heterocycles. The van der Waals surface area contributed by atoms with Crippen molar-refractivity contribution in [2.24, 2.45) is 12.1 Å². The molecule has 0 radical (unpaired) electrons. The molecule has 2 aromatic heterocycles. The summed E-state index contributed by atoms with van der Waals surface area (Å²) in [5.74, 6) is 0.0298. The fraction of sp³-hybridized carbons (Fsp3) is 0.190. The largest absolute Gasteiger partial charge is 0.329 e. The summed E-state index contributed by atoms with van der Waals surface area (Å²) in [5, 5.41) is 12.9. The van der Waals surface area contributed by atoms with Gasteiger partial charge in [0.05, 0.1) is 10.4 Å². The van der Waals surface area contributed by atoms with Gasteiger partial charge in [-0.3, -0.25) is 4.68 Å². The smallest absolute Gasteiger partial charge is 0.238 e. The molecular formula is C21H23N7O2S. The van der Waals surface area contributed by atoms with Crippen LogP contribution in [0.25, 0.3) is 10.9 Å². The van der Waals surface area contributed by atoms with Crippen molar-refractivity contribution in [3.8, 4) is 0 Å². The van der Waals surface area contributed by atoms with E-state index in [1.807, 2.05) is 0 Å². The highest BCUT2D eigenvalue weighted by molar-refractivity contribution is 7.89. The van der Waals surface area contributed by atoms with Gasteiger partial charge >= 0.3 is 0 Å². The van der Waals surface area contributed by atoms with Crippen molar-refractivity contribution in [3.05, 3.63) is 59.9 Å². The number of aryl methyl sites for hydroxylation is 3. The van der Waals surface area contributed by atoms with Crippen LogP contribution in [0.3, 0.4) is 0 Å². The highest BCUT2D eigenvalue weighted by atomic mass is 32.2. The summed E-state index contributed by atoms with van der Waals surface area (Å²) in [6.45, 7) is -1.93. The first kappa shape index (κ1) is 14.5. The van der Waals surface area contributed by atoms with Crippen LogP contribution < -0.4 is 15.4 Å². The molecule has 0 fully saturated rings. The molecule has 0 unspecified atom stereocenters. The average Bonchev–Trinajstić information content (AvgIpc) is 3.10. The lowest BCUT2D eigenvalue weighted by Crippen LogP contribution is -2.14. The Morgan fingerprint density at radius 2 is 2.00 bits per heavy atom. The molecule has 0 saturated heterocycles. The zero-order chi connectivity index (χ0) is 27.3. The van der Waals surface area contributed by atoms with Gasteiger partial charge < -0.3 is 10.2 Å². The second-order valence-corrected chi connectivity index (χ2v) is 8.45. The Morgan fingerprint density at radius 1 is 1.16 bits per heavy atom. The third kappa shape index (κ3) is 4.07. The van der Waals surface area contributed by atoms with Crippen molar-refractivity contribution in [2.75, 3.05) is 17.2 Å². The van der Waals surface area contributed by atoms with Crippen LogP contribution in [0.5, 0.6) is 0 Å². The summed E-state index contributed by atoms with van der Waals surface area (Å²) in [7, 11) is -3.96. The number of nitrogens with zero attached hydrogens (tertiary/aromatic N) is 5. The van der Waals surface area contributed by atoms with Crippen LogP contribution in [0.2, 0.25) is 0 Å². The van der Waals surface area contributed by atoms with E-state index in [2.05, 4.69) is 20.4 Å². The summed E-state index contributed by atoms with van der Waals surface area (Å²) >= 11 is 0. The molecule has 0 atom stereocenters. The van der Waals surface area contributed by atoms with Crippen molar-refractivity contribution < 1.29 is 16.6 Å². The van der Waals surface area contributed by atoms with E-state index in [0.29, 0.717) is 27.8 Å². The topological polar surface area (TPSA) is 119 Å². The first-order valence-electron chi connectivity index (χ1n) is 12.1. The van der Waals surface area contributed by atoms with Crippen molar-refractivity contribution in [3.63, 3.8) is 0 Å². The second-order valence-electron chi connectivity index (χ2n) is 6.92. The number of nitrogens with two attached hydrogens (primary N) is 1. The molecule has 0 aliphatic rings. The van der Waals surface area contributed by atoms with Crippen molar-refractivity contribution in [2.45, 2.75) is 18.7 Å². The third-order valence-corrected chi connectivity index (χ3v) is 5.83. The fourth-order valence-corrected chi connectivity index (χ4v) is 3.93. The Kier molecular flexibility index (Phi) is 3.57. The molecule has 2 aromatic carbocycles. The highest BCUT2D eigenvalue weighted by Gasteiger charge is 2.14. The van der Waals surface area contributed by atoms with Gasteiger partial charge in [-0.15, -0.1) is 0 Å². The van der Waals surface area contributed by atoms with E-state index >= 15 is 0 Å². The minimum Gasteiger partial charge on any atom is -0.329 e. The van der Waals surface area contributed by atoms with Gasteiger partial charge in [0.25, 0.3) is 0 Å². The van der Waals surface area contributed by atoms with Crippen LogP contribution in [0.15, 0.2) is 53.6 Å². The van der Waals surface area contributed by atoms with Gasteiger partial charge in [0.15, 0.2) is 0 Å². The molecule has 4 rings (SSSR count). The molecule has 0 aliphatic carbocycles. The van der Waals surface area contributed by atoms with Gasteiger partial charge in [-0.05, 0) is 55.8 Å². The van der Waals surface area contributed by atoms with E-state index in [1.165, 1.54) is 24.4 Å². The average molecular weight is 444 g/mol. The van der Waals surface area contributed by atoms with Crippen LogP contribution >= 0.6 is 0 Å². The minimum atomic E-state index is -3.96. The van der Waals surface area contributed by atoms with Crippen molar-refractivity contribution >= 4 is 44.1 Å². The molecule has 160 valence electrons. The second kappa shape index (κ2) is 7.64. The SMILES string of the molecule is [2H]C([2H])([2H])N(c1ccc2c(C)n(C([2H])([2H])[2H])nc2c1)c1ccnc(Nc2ccc(C)c(S(N)(=O)=O)c2)n1. The number of anilines is 4. The lowest BCUT2D eigenvalue weighted by atomic mass is 10.2. The fourth-order valence-electron chi connectivity index (χ4n) is 3.12. The van der Waals surface area contributed by atoms with E-state index in [0.717, 1.165) is 9.58 Å². The number of hydrogen-bond acceptors (Lipinski definition) is 7. The highest BCUT2D eigenvalue weighted by Crippen LogP contribution is 2.28. The van der Waals surface area contributed by atoms with Crippen molar-refractivity contribution in [1.29, 1.82) is 0 Å². The van der Waals surface area contributed by atoms with Crippen LogP contribution in [0.1, 0.15) is 19.5 Å². The molecule has 9 nitrogen and oxygen atoms in total. The summed E-state index contributed by atoms with van der Waals surface area (Å²) < 4.78 is 72.0. The van der Waals surface area contributed by atoms with Gasteiger partial charge in [-0.25, -0.2) is 18.5 Å². The lowest BCUT2D eigenvalue weighted by molar-refractivity contribution is 0.597. The van der Waals surface area contributed by atoms with E-state index < -0.39 is 24.0 Å². The number of primary sulfonamides is 1. The maximum Gasteiger partial charge on any atom is 0.238 e. The van der Waals surface area contributed by atoms with Crippen LogP contribution in [-0.2, 0) is 17.0 Å². The monoisotopic (exact) mass is 443 g/mol. The molecule has 4 aromatic rings. The number of hydrogen-bond donors (Lipinski definition) is 2. The van der Waals surface area contributed by atoms with Gasteiger partial charge in [-0.2, -0.15) is 10.1 Å². The molecule has 10 heteroatoms. The first-order chi connectivity index (χ1) is 17.1. The van der Waals surface area contributed by atoms with E-state index in [9.17, 15) is 8.42 Å². The Bertz CT molecular complexity index is 1600. The summed E-state index contributed by atoms with van der Waals surface area (Å²) in [4.78, 5) is 9.35. The van der Waals surface area contributed by atoms with Crippen LogP contribution in [0, 0.1) is 13.8 Å². The standard InChI is InChI=1S/C21H23N7O2S/c1-13-5-6-15(11-19(13)31(22,29)30)24-21-23-10-9-20(25-21)27(3)16-7-8-17-14(2)28(4)26-18(17)12-16/h5-12H,1-4H3,(H2,22,29,30)(H,23,24,25)/i3D3,4D3. The van der Waals surface area contributed by atoms with Gasteiger partial charge in [0.2, 0.25) is 16.0 Å². The maximum atomic E-state index is 11.9. The quantitative estimate of drug-likeness (QED) is 0.486. The van der Waals surface area contributed by atoms with Crippen molar-refractivity contribution in [1.82, 2.24) is 19.7 Å². The van der Waals surface area contributed by atoms with Crippen LogP contribution in [0.4, 0.5) is 23.1 Å². The minimum absolute atomic E-state index is 0.0135. The lowest BCUT2D eigenvalue weighted by Gasteiger charge is -2.19. The van der Waals surface area contributed by atoms with E-state index in [4.69, 9.17) is 13.4 Å². The van der Waals surface area contributed by atoms with E-state index in [-0.39, 0.29) is 22.3 Å². The number of fused-ring (bicyclic) bond motifs is 1. The predicted molar refractivity (Wildman–Crippen MR) is 121 cm³/mol. The Hall–Kier alpha value is -3.50. The number of sulfonamides is 1. The zero-order valence-electron chi connectivity index (χ0n) is 22.7. The van der Waals surface area contributed by atoms with Gasteiger partial charge in [-0.1, -0.05) is 6.07 Å². The summed E-state index contributed by atoms with van der Waals surface area (Å²) in [6, 6.07) is 10.5. The number of benzene rings is 2. The zero-order valence-corrected chi connectivity index (χ0v) is 17.5. The normalized spacial score (nSPS) is 15.3. The Morgan fingerprint density at radius 3 is 2.74 bits per heavy atom. The van der Waals surface area contributed by atoms with Gasteiger partial charge in [0.1, 0.15) is 5.82 Å². The predicted octanol–water partition coefficient (Wildman–Crippen LogP) is 3.14. The third-order valence-electron chi connectivity index (χ3n) is 4.78. The molecule has 2 heterocycles. The first-order valence-corrected chi connectivity index (χ1v) is 10.6. The van der Waals surface area contributed by atoms with Gasteiger partial charge in [0, 0.05) is 50.8 Å².